The fourth-order valence-electron chi connectivity index (χ4n) is 1.34. The molecule has 0 aliphatic rings. The monoisotopic (exact) mass is 299 g/mol. The van der Waals surface area contributed by atoms with Crippen LogP contribution in [0.5, 0.6) is 0 Å². The second-order valence-electron chi connectivity index (χ2n) is 3.29. The van der Waals surface area contributed by atoms with Gasteiger partial charge in [-0.05, 0) is 30.3 Å². The van der Waals surface area contributed by atoms with Gasteiger partial charge >= 0.3 is 0 Å². The molecule has 1 aromatic carbocycles. The van der Waals surface area contributed by atoms with E-state index >= 15 is 0 Å². The predicted molar refractivity (Wildman–Crippen MR) is 67.3 cm³/mol. The minimum absolute atomic E-state index is 0.257. The number of benzene rings is 1. The number of hydrogen-bond donors (Lipinski definition) is 0. The Morgan fingerprint density at radius 3 is 2.38 bits per heavy atom. The molecular formula is C12H8BrClFN. The highest BCUT2D eigenvalue weighted by Crippen LogP contribution is 2.23. The average Bonchev–Trinajstić information content (AvgIpc) is 2.30. The van der Waals surface area contributed by atoms with Crippen molar-refractivity contribution in [1.29, 1.82) is 0 Å². The molecule has 0 aliphatic heterocycles. The van der Waals surface area contributed by atoms with E-state index in [0.717, 1.165) is 16.8 Å². The normalized spacial score (nSPS) is 10.4. The second kappa shape index (κ2) is 4.93. The fourth-order valence-corrected chi connectivity index (χ4v) is 2.18. The molecule has 0 amide bonds. The summed E-state index contributed by atoms with van der Waals surface area (Å²) < 4.78 is 12.7. The van der Waals surface area contributed by atoms with E-state index in [2.05, 4.69) is 20.9 Å². The summed E-state index contributed by atoms with van der Waals surface area (Å²) in [6.45, 7) is 0. The van der Waals surface area contributed by atoms with Gasteiger partial charge in [-0.1, -0.05) is 33.6 Å². The van der Waals surface area contributed by atoms with Crippen LogP contribution in [0.2, 0.25) is 5.15 Å². The van der Waals surface area contributed by atoms with E-state index in [4.69, 9.17) is 11.6 Å². The minimum Gasteiger partial charge on any atom is -0.236 e. The number of nitrogens with zero attached hydrogens (tertiary/aromatic N) is 1. The summed E-state index contributed by atoms with van der Waals surface area (Å²) in [5.74, 6) is -0.257. The molecule has 1 aromatic heterocycles. The first-order chi connectivity index (χ1) is 7.70. The summed E-state index contributed by atoms with van der Waals surface area (Å²) in [6.07, 6.45) is 0. The van der Waals surface area contributed by atoms with Gasteiger partial charge in [0.15, 0.2) is 0 Å². The lowest BCUT2D eigenvalue weighted by atomic mass is 10.1. The Kier molecular flexibility index (Phi) is 3.56. The first-order valence-corrected chi connectivity index (χ1v) is 6.18. The van der Waals surface area contributed by atoms with E-state index in [1.807, 2.05) is 12.1 Å². The van der Waals surface area contributed by atoms with Gasteiger partial charge in [0.05, 0.1) is 5.69 Å². The number of pyridine rings is 1. The molecule has 2 aromatic rings. The maximum atomic E-state index is 12.7. The van der Waals surface area contributed by atoms with Gasteiger partial charge in [-0.3, -0.25) is 0 Å². The lowest BCUT2D eigenvalue weighted by Gasteiger charge is -2.04. The highest BCUT2D eigenvalue weighted by Gasteiger charge is 2.04. The van der Waals surface area contributed by atoms with E-state index in [9.17, 15) is 4.39 Å². The van der Waals surface area contributed by atoms with Gasteiger partial charge in [0.25, 0.3) is 0 Å². The lowest BCUT2D eigenvalue weighted by molar-refractivity contribution is 0.628. The molecule has 0 radical (unpaired) electrons. The molecule has 0 fully saturated rings. The van der Waals surface area contributed by atoms with Crippen molar-refractivity contribution in [2.24, 2.45) is 0 Å². The van der Waals surface area contributed by atoms with Crippen LogP contribution in [-0.2, 0) is 5.33 Å². The molecule has 0 N–H and O–H groups in total. The highest BCUT2D eigenvalue weighted by molar-refractivity contribution is 9.08. The Labute approximate surface area is 106 Å². The highest BCUT2D eigenvalue weighted by atomic mass is 79.9. The summed E-state index contributed by atoms with van der Waals surface area (Å²) >= 11 is 9.32. The van der Waals surface area contributed by atoms with Crippen molar-refractivity contribution in [3.63, 3.8) is 0 Å². The molecule has 0 aliphatic carbocycles. The SMILES string of the molecule is Fc1ccc(-c2ccc(CBr)c(Cl)n2)cc1. The number of halogens is 3. The van der Waals surface area contributed by atoms with Crippen molar-refractivity contribution in [1.82, 2.24) is 4.98 Å². The first-order valence-electron chi connectivity index (χ1n) is 4.68. The predicted octanol–water partition coefficient (Wildman–Crippen LogP) is 4.44. The summed E-state index contributed by atoms with van der Waals surface area (Å²) in [5, 5.41) is 1.14. The largest absolute Gasteiger partial charge is 0.236 e. The van der Waals surface area contributed by atoms with Gasteiger partial charge in [0, 0.05) is 16.5 Å². The summed E-state index contributed by atoms with van der Waals surface area (Å²) in [5.41, 5.74) is 2.53. The van der Waals surface area contributed by atoms with Crippen molar-refractivity contribution >= 4 is 27.5 Å². The fraction of sp³-hybridized carbons (Fsp3) is 0.0833. The van der Waals surface area contributed by atoms with E-state index in [1.165, 1.54) is 12.1 Å². The van der Waals surface area contributed by atoms with Crippen LogP contribution in [0, 0.1) is 5.82 Å². The molecule has 4 heteroatoms. The molecule has 2 rings (SSSR count). The first kappa shape index (κ1) is 11.6. The molecule has 1 heterocycles. The van der Waals surface area contributed by atoms with Crippen LogP contribution in [-0.4, -0.2) is 4.98 Å². The number of aromatic nitrogens is 1. The third kappa shape index (κ3) is 2.42. The maximum absolute atomic E-state index is 12.7. The van der Waals surface area contributed by atoms with Gasteiger partial charge in [0.2, 0.25) is 0 Å². The Morgan fingerprint density at radius 2 is 1.81 bits per heavy atom. The van der Waals surface area contributed by atoms with Crippen LogP contribution in [0.3, 0.4) is 0 Å². The van der Waals surface area contributed by atoms with Gasteiger partial charge < -0.3 is 0 Å². The molecule has 0 spiro atoms. The third-order valence-electron chi connectivity index (χ3n) is 2.21. The van der Waals surface area contributed by atoms with E-state index in [0.29, 0.717) is 10.5 Å². The quantitative estimate of drug-likeness (QED) is 0.590. The van der Waals surface area contributed by atoms with Crippen LogP contribution in [0.1, 0.15) is 5.56 Å². The van der Waals surface area contributed by atoms with Crippen LogP contribution >= 0.6 is 27.5 Å². The zero-order valence-corrected chi connectivity index (χ0v) is 10.6. The Morgan fingerprint density at radius 1 is 1.12 bits per heavy atom. The number of hydrogen-bond acceptors (Lipinski definition) is 1. The molecule has 0 unspecified atom stereocenters. The number of rotatable bonds is 2. The molecule has 0 bridgehead atoms. The topological polar surface area (TPSA) is 12.9 Å². The van der Waals surface area contributed by atoms with Crippen LogP contribution in [0.4, 0.5) is 4.39 Å². The van der Waals surface area contributed by atoms with Gasteiger partial charge in [-0.25, -0.2) is 9.37 Å². The summed E-state index contributed by atoms with van der Waals surface area (Å²) in [7, 11) is 0. The molecule has 82 valence electrons. The summed E-state index contributed by atoms with van der Waals surface area (Å²) in [6, 6.07) is 9.95. The Hall–Kier alpha value is -0.930. The van der Waals surface area contributed by atoms with Gasteiger partial charge in [0.1, 0.15) is 11.0 Å². The van der Waals surface area contributed by atoms with Gasteiger partial charge in [-0.2, -0.15) is 0 Å². The van der Waals surface area contributed by atoms with Crippen LogP contribution in [0.25, 0.3) is 11.3 Å². The standard InChI is InChI=1S/C12H8BrClFN/c13-7-9-3-6-11(16-12(9)14)8-1-4-10(15)5-2-8/h1-6H,7H2. The maximum Gasteiger partial charge on any atom is 0.133 e. The molecule has 16 heavy (non-hydrogen) atoms. The molecule has 0 saturated carbocycles. The van der Waals surface area contributed by atoms with Crippen molar-refractivity contribution in [3.05, 3.63) is 52.9 Å². The number of alkyl halides is 1. The van der Waals surface area contributed by atoms with Crippen molar-refractivity contribution in [2.45, 2.75) is 5.33 Å². The third-order valence-corrected chi connectivity index (χ3v) is 3.14. The Bertz CT molecular complexity index is 499. The molecule has 0 saturated heterocycles. The minimum atomic E-state index is -0.257. The molecule has 1 nitrogen and oxygen atoms in total. The van der Waals surface area contributed by atoms with Crippen molar-refractivity contribution in [2.75, 3.05) is 0 Å². The zero-order valence-electron chi connectivity index (χ0n) is 8.25. The zero-order chi connectivity index (χ0) is 11.5. The van der Waals surface area contributed by atoms with E-state index in [1.54, 1.807) is 12.1 Å². The lowest BCUT2D eigenvalue weighted by Crippen LogP contribution is -1.88. The second-order valence-corrected chi connectivity index (χ2v) is 4.21. The van der Waals surface area contributed by atoms with Crippen LogP contribution < -0.4 is 0 Å². The summed E-state index contributed by atoms with van der Waals surface area (Å²) in [4.78, 5) is 4.26. The van der Waals surface area contributed by atoms with Crippen molar-refractivity contribution < 1.29 is 4.39 Å². The smallest absolute Gasteiger partial charge is 0.133 e. The average molecular weight is 301 g/mol. The van der Waals surface area contributed by atoms with Gasteiger partial charge in [-0.15, -0.1) is 0 Å². The van der Waals surface area contributed by atoms with E-state index < -0.39 is 0 Å². The van der Waals surface area contributed by atoms with Crippen molar-refractivity contribution in [3.8, 4) is 11.3 Å². The van der Waals surface area contributed by atoms with E-state index in [-0.39, 0.29) is 5.82 Å². The molecular weight excluding hydrogens is 292 g/mol. The Balaban J connectivity index is 2.41. The molecule has 0 atom stereocenters. The van der Waals surface area contributed by atoms with Crippen LogP contribution in [0.15, 0.2) is 36.4 Å².